The average Bonchev–Trinajstić information content (AvgIpc) is 3.08. The zero-order valence-corrected chi connectivity index (χ0v) is 16.8. The Labute approximate surface area is 160 Å². The Bertz CT molecular complexity index is 576. The summed E-state index contributed by atoms with van der Waals surface area (Å²) in [5.41, 5.74) is 6.15. The first-order chi connectivity index (χ1) is 12.5. The maximum absolute atomic E-state index is 12.6. The molecule has 1 amide bonds. The van der Waals surface area contributed by atoms with Crippen LogP contribution in [0.3, 0.4) is 0 Å². The molecule has 26 heavy (non-hydrogen) atoms. The lowest BCUT2D eigenvalue weighted by Gasteiger charge is -2.37. The third-order valence-corrected chi connectivity index (χ3v) is 6.29. The highest BCUT2D eigenvalue weighted by Crippen LogP contribution is 2.23. The number of hydrogen-bond donors (Lipinski definition) is 1. The first-order valence-electron chi connectivity index (χ1n) is 9.86. The van der Waals surface area contributed by atoms with Gasteiger partial charge in [0.1, 0.15) is 5.69 Å². The molecule has 2 aliphatic rings. The molecule has 2 unspecified atom stereocenters. The summed E-state index contributed by atoms with van der Waals surface area (Å²) >= 11 is 1.54. The lowest BCUT2D eigenvalue weighted by atomic mass is 9.93. The van der Waals surface area contributed by atoms with Crippen molar-refractivity contribution in [2.24, 2.45) is 11.7 Å². The van der Waals surface area contributed by atoms with Crippen LogP contribution < -0.4 is 5.73 Å². The number of ether oxygens (including phenoxy) is 1. The fourth-order valence-electron chi connectivity index (χ4n) is 4.07. The number of rotatable bonds is 6. The minimum Gasteiger partial charge on any atom is -0.373 e. The predicted octanol–water partition coefficient (Wildman–Crippen LogP) is 2.00. The summed E-state index contributed by atoms with van der Waals surface area (Å²) in [5, 5.41) is 2.83. The number of carbonyl (C=O) groups is 1. The number of likely N-dealkylation sites (tertiary alicyclic amines) is 1. The topological polar surface area (TPSA) is 71.7 Å². The lowest BCUT2D eigenvalue weighted by Crippen LogP contribution is -2.46. The molecule has 2 saturated heterocycles. The van der Waals surface area contributed by atoms with E-state index in [1.165, 1.54) is 17.8 Å². The zero-order chi connectivity index (χ0) is 18.5. The second kappa shape index (κ2) is 9.26. The van der Waals surface area contributed by atoms with Gasteiger partial charge in [-0.25, -0.2) is 4.98 Å². The van der Waals surface area contributed by atoms with Crippen molar-refractivity contribution < 1.29 is 9.53 Å². The van der Waals surface area contributed by atoms with E-state index >= 15 is 0 Å². The summed E-state index contributed by atoms with van der Waals surface area (Å²) in [6.07, 6.45) is 4.83. The molecule has 1 aromatic heterocycles. The summed E-state index contributed by atoms with van der Waals surface area (Å²) in [6, 6.07) is 0. The van der Waals surface area contributed by atoms with Gasteiger partial charge in [-0.1, -0.05) is 0 Å². The molecule has 3 rings (SSSR count). The number of aromatic nitrogens is 1. The zero-order valence-electron chi connectivity index (χ0n) is 16.0. The molecule has 1 aromatic rings. The van der Waals surface area contributed by atoms with Crippen molar-refractivity contribution in [2.75, 3.05) is 39.3 Å². The Hall–Kier alpha value is -1.02. The van der Waals surface area contributed by atoms with Crippen molar-refractivity contribution in [1.29, 1.82) is 0 Å². The normalized spacial score (nSPS) is 25.6. The van der Waals surface area contributed by atoms with Crippen LogP contribution in [0.15, 0.2) is 5.38 Å². The summed E-state index contributed by atoms with van der Waals surface area (Å²) in [5.74, 6) is 0.801. The molecule has 2 aliphatic heterocycles. The highest BCUT2D eigenvalue weighted by Gasteiger charge is 2.27. The molecule has 0 aliphatic carbocycles. The summed E-state index contributed by atoms with van der Waals surface area (Å²) in [4.78, 5) is 21.6. The summed E-state index contributed by atoms with van der Waals surface area (Å²) in [7, 11) is 0. The van der Waals surface area contributed by atoms with E-state index < -0.39 is 0 Å². The average molecular weight is 381 g/mol. The summed E-state index contributed by atoms with van der Waals surface area (Å²) in [6.45, 7) is 9.81. The highest BCUT2D eigenvalue weighted by atomic mass is 32.1. The van der Waals surface area contributed by atoms with E-state index in [2.05, 4.69) is 23.7 Å². The van der Waals surface area contributed by atoms with E-state index in [9.17, 15) is 4.79 Å². The second-order valence-corrected chi connectivity index (χ2v) is 8.65. The molecule has 0 aromatic carbocycles. The van der Waals surface area contributed by atoms with Crippen LogP contribution in [0.4, 0.5) is 0 Å². The fraction of sp³-hybridized carbons (Fsp3) is 0.789. The predicted molar refractivity (Wildman–Crippen MR) is 105 cm³/mol. The molecular formula is C19H32N4O2S. The van der Waals surface area contributed by atoms with Crippen molar-refractivity contribution in [3.63, 3.8) is 0 Å². The lowest BCUT2D eigenvalue weighted by molar-refractivity contribution is -0.0693. The minimum absolute atomic E-state index is 0.0822. The number of nitrogens with two attached hydrogens (primary N) is 1. The smallest absolute Gasteiger partial charge is 0.273 e. The third-order valence-electron chi connectivity index (χ3n) is 5.38. The molecule has 2 atom stereocenters. The molecule has 6 nitrogen and oxygen atoms in total. The number of nitrogens with zero attached hydrogens (tertiary/aromatic N) is 3. The van der Waals surface area contributed by atoms with Gasteiger partial charge < -0.3 is 15.4 Å². The van der Waals surface area contributed by atoms with Gasteiger partial charge in [0.2, 0.25) is 0 Å². The maximum Gasteiger partial charge on any atom is 0.273 e. The van der Waals surface area contributed by atoms with E-state index in [1.807, 2.05) is 10.3 Å². The molecule has 0 radical (unpaired) electrons. The van der Waals surface area contributed by atoms with Crippen LogP contribution in [0.5, 0.6) is 0 Å². The Balaban J connectivity index is 1.41. The molecule has 2 N–H and O–H groups in total. The van der Waals surface area contributed by atoms with Gasteiger partial charge in [-0.3, -0.25) is 9.69 Å². The fourth-order valence-corrected chi connectivity index (χ4v) is 4.85. The first kappa shape index (κ1) is 19.7. The number of thiazole rings is 1. The molecule has 0 bridgehead atoms. The molecule has 2 fully saturated rings. The quantitative estimate of drug-likeness (QED) is 0.817. The molecule has 146 valence electrons. The van der Waals surface area contributed by atoms with Gasteiger partial charge in [0.15, 0.2) is 0 Å². The Kier molecular flexibility index (Phi) is 7.03. The van der Waals surface area contributed by atoms with E-state index in [4.69, 9.17) is 10.5 Å². The van der Waals surface area contributed by atoms with Crippen molar-refractivity contribution >= 4 is 17.2 Å². The van der Waals surface area contributed by atoms with E-state index in [-0.39, 0.29) is 5.91 Å². The van der Waals surface area contributed by atoms with Crippen LogP contribution in [0.2, 0.25) is 0 Å². The van der Waals surface area contributed by atoms with Crippen LogP contribution in [0.1, 0.15) is 48.6 Å². The Morgan fingerprint density at radius 3 is 2.65 bits per heavy atom. The monoisotopic (exact) mass is 380 g/mol. The van der Waals surface area contributed by atoms with Crippen molar-refractivity contribution in [3.8, 4) is 0 Å². The van der Waals surface area contributed by atoms with Gasteiger partial charge in [-0.15, -0.1) is 11.3 Å². The van der Waals surface area contributed by atoms with Crippen molar-refractivity contribution in [2.45, 2.75) is 51.7 Å². The van der Waals surface area contributed by atoms with Gasteiger partial charge in [-0.2, -0.15) is 0 Å². The second-order valence-electron chi connectivity index (χ2n) is 7.71. The van der Waals surface area contributed by atoms with Gasteiger partial charge in [0, 0.05) is 38.0 Å². The van der Waals surface area contributed by atoms with Gasteiger partial charge in [0.25, 0.3) is 5.91 Å². The van der Waals surface area contributed by atoms with Gasteiger partial charge in [0.05, 0.1) is 17.2 Å². The largest absolute Gasteiger partial charge is 0.373 e. The van der Waals surface area contributed by atoms with E-state index in [0.29, 0.717) is 24.4 Å². The van der Waals surface area contributed by atoms with Gasteiger partial charge >= 0.3 is 0 Å². The highest BCUT2D eigenvalue weighted by molar-refractivity contribution is 7.09. The van der Waals surface area contributed by atoms with E-state index in [1.54, 1.807) is 0 Å². The SMILES string of the molecule is CC1CN(CCC2CCN(C(=O)c3csc(CCN)n3)CC2)CC(C)O1. The van der Waals surface area contributed by atoms with Gasteiger partial charge in [-0.05, 0) is 52.1 Å². The first-order valence-corrected chi connectivity index (χ1v) is 10.7. The van der Waals surface area contributed by atoms with E-state index in [0.717, 1.165) is 62.9 Å². The van der Waals surface area contributed by atoms with Crippen molar-refractivity contribution in [3.05, 3.63) is 16.1 Å². The van der Waals surface area contributed by atoms with Crippen molar-refractivity contribution in [1.82, 2.24) is 14.8 Å². The molecule has 0 saturated carbocycles. The standard InChI is InChI=1S/C19H32N4O2S/c1-14-11-22(12-15(2)25-14)8-4-16-5-9-23(10-6-16)19(24)17-13-26-18(21-17)3-7-20/h13-16H,3-12,20H2,1-2H3. The Morgan fingerprint density at radius 1 is 1.31 bits per heavy atom. The number of piperidine rings is 1. The molecular weight excluding hydrogens is 348 g/mol. The van der Waals surface area contributed by atoms with Crippen LogP contribution >= 0.6 is 11.3 Å². The summed E-state index contributed by atoms with van der Waals surface area (Å²) < 4.78 is 5.81. The molecule has 3 heterocycles. The van der Waals surface area contributed by atoms with Crippen LogP contribution in [0, 0.1) is 5.92 Å². The van der Waals surface area contributed by atoms with Crippen LogP contribution in [-0.4, -0.2) is 72.2 Å². The van der Waals surface area contributed by atoms with Crippen LogP contribution in [0.25, 0.3) is 0 Å². The minimum atomic E-state index is 0.0822. The Morgan fingerprint density at radius 2 is 2.00 bits per heavy atom. The maximum atomic E-state index is 12.6. The molecule has 0 spiro atoms. The number of hydrogen-bond acceptors (Lipinski definition) is 6. The van der Waals surface area contributed by atoms with Crippen LogP contribution in [-0.2, 0) is 11.2 Å². The number of amides is 1. The number of morpholine rings is 1. The third kappa shape index (κ3) is 5.25. The number of carbonyl (C=O) groups excluding carboxylic acids is 1. The molecule has 7 heteroatoms.